The highest BCUT2D eigenvalue weighted by molar-refractivity contribution is 7.86. The highest BCUT2D eigenvalue weighted by atomic mass is 32.2. The van der Waals surface area contributed by atoms with Crippen LogP contribution in [-0.2, 0) is 33.9 Å². The van der Waals surface area contributed by atoms with E-state index in [1.807, 2.05) is 0 Å². The van der Waals surface area contributed by atoms with E-state index in [0.717, 1.165) is 13.8 Å². The van der Waals surface area contributed by atoms with Crippen LogP contribution in [-0.4, -0.2) is 60.8 Å². The van der Waals surface area contributed by atoms with Crippen LogP contribution in [0.15, 0.2) is 12.4 Å². The Morgan fingerprint density at radius 1 is 1.06 bits per heavy atom. The van der Waals surface area contributed by atoms with E-state index in [1.165, 1.54) is 0 Å². The second-order valence-corrected chi connectivity index (χ2v) is 7.41. The average molecular weight is 495 g/mol. The fourth-order valence-corrected chi connectivity index (χ4v) is 2.17. The molecule has 0 aromatic heterocycles. The van der Waals surface area contributed by atoms with Gasteiger partial charge in [0.25, 0.3) is 0 Å². The number of carbonyl (C=O) groups is 2. The van der Waals surface area contributed by atoms with Crippen LogP contribution < -0.4 is 0 Å². The largest absolute Gasteiger partial charge is 0.743 e. The minimum atomic E-state index is -6.85. The van der Waals surface area contributed by atoms with Crippen molar-refractivity contribution in [3.63, 3.8) is 0 Å². The van der Waals surface area contributed by atoms with E-state index < -0.39 is 76.6 Å². The molecule has 0 aromatic carbocycles. The number of hydrogen-bond acceptors (Lipinski definition) is 8. The normalized spacial score (nSPS) is 15.4. The summed E-state index contributed by atoms with van der Waals surface area (Å²) in [6, 6.07) is 0. The molecule has 1 unspecified atom stereocenters. The van der Waals surface area contributed by atoms with Crippen molar-refractivity contribution < 1.29 is 71.9 Å². The predicted octanol–water partition coefficient (Wildman–Crippen LogP) is 2.79. The Balaban J connectivity index is 5.77. The van der Waals surface area contributed by atoms with Crippen LogP contribution in [0, 0.1) is 0 Å². The van der Waals surface area contributed by atoms with Gasteiger partial charge in [-0.15, -0.1) is 0 Å². The van der Waals surface area contributed by atoms with E-state index >= 15 is 0 Å². The molecule has 17 heteroatoms. The number of carbonyl (C=O) groups excluding carboxylic acids is 2. The minimum absolute atomic E-state index is 1.04. The van der Waals surface area contributed by atoms with Gasteiger partial charge >= 0.3 is 35.1 Å². The maximum atomic E-state index is 13.5. The third kappa shape index (κ3) is 6.73. The zero-order chi connectivity index (χ0) is 25.1. The van der Waals surface area contributed by atoms with Gasteiger partial charge in [0.2, 0.25) is 5.83 Å². The standard InChI is InChI=1S/C14H16F8O8S/c1-7(2)29-10(24)12(13(18,19)20,30-9(23)8(3)15)28-6-4-5-11(16,17)14(21,22)31(25,26)27/h7H,3-6H2,1-2H3,(H,25,26,27)/p-1. The first-order valence-corrected chi connectivity index (χ1v) is 9.24. The third-order valence-electron chi connectivity index (χ3n) is 3.12. The van der Waals surface area contributed by atoms with Gasteiger partial charge in [-0.2, -0.15) is 35.1 Å². The van der Waals surface area contributed by atoms with Crippen molar-refractivity contribution >= 4 is 22.1 Å². The molecule has 182 valence electrons. The smallest absolute Gasteiger partial charge is 0.468 e. The molecule has 0 aliphatic heterocycles. The summed E-state index contributed by atoms with van der Waals surface area (Å²) >= 11 is 0. The summed E-state index contributed by atoms with van der Waals surface area (Å²) in [5.74, 6) is -17.3. The Morgan fingerprint density at radius 3 is 1.90 bits per heavy atom. The van der Waals surface area contributed by atoms with Crippen LogP contribution in [0.5, 0.6) is 0 Å². The van der Waals surface area contributed by atoms with Gasteiger partial charge in [-0.25, -0.2) is 18.0 Å². The molecule has 0 saturated carbocycles. The number of ether oxygens (including phenoxy) is 3. The number of rotatable bonds is 11. The summed E-state index contributed by atoms with van der Waals surface area (Å²) in [6.07, 6.45) is -11.0. The molecular formula is C14H15F8O8S-. The molecule has 0 amide bonds. The minimum Gasteiger partial charge on any atom is -0.743 e. The molecule has 0 aliphatic carbocycles. The van der Waals surface area contributed by atoms with E-state index in [2.05, 4.69) is 20.8 Å². The summed E-state index contributed by atoms with van der Waals surface area (Å²) in [4.78, 5) is 23.1. The van der Waals surface area contributed by atoms with Crippen molar-refractivity contribution in [3.8, 4) is 0 Å². The number of alkyl halides is 7. The fourth-order valence-electron chi connectivity index (χ4n) is 1.70. The summed E-state index contributed by atoms with van der Waals surface area (Å²) in [5, 5.41) is -6.11. The van der Waals surface area contributed by atoms with Gasteiger partial charge in [0.15, 0.2) is 10.1 Å². The Bertz CT molecular complexity index is 793. The van der Waals surface area contributed by atoms with Crippen molar-refractivity contribution in [1.29, 1.82) is 0 Å². The van der Waals surface area contributed by atoms with E-state index in [1.54, 1.807) is 0 Å². The van der Waals surface area contributed by atoms with Gasteiger partial charge in [-0.3, -0.25) is 0 Å². The summed E-state index contributed by atoms with van der Waals surface area (Å²) in [6.45, 7) is 2.73. The molecule has 1 atom stereocenters. The van der Waals surface area contributed by atoms with Gasteiger partial charge in [0, 0.05) is 6.42 Å². The average Bonchev–Trinajstić information content (AvgIpc) is 2.54. The second kappa shape index (κ2) is 9.64. The Kier molecular flexibility index (Phi) is 9.02. The molecule has 0 fully saturated rings. The van der Waals surface area contributed by atoms with E-state index in [9.17, 15) is 57.7 Å². The van der Waals surface area contributed by atoms with Crippen LogP contribution in [0.4, 0.5) is 35.1 Å². The molecule has 0 rings (SSSR count). The molecule has 0 saturated heterocycles. The topological polar surface area (TPSA) is 119 Å². The highest BCUT2D eigenvalue weighted by Crippen LogP contribution is 2.42. The summed E-state index contributed by atoms with van der Waals surface area (Å²) in [5.41, 5.74) is 0. The van der Waals surface area contributed by atoms with Crippen LogP contribution in [0.2, 0.25) is 0 Å². The van der Waals surface area contributed by atoms with Gasteiger partial charge in [0.1, 0.15) is 0 Å². The van der Waals surface area contributed by atoms with E-state index in [4.69, 9.17) is 0 Å². The first-order chi connectivity index (χ1) is 13.6. The Hall–Kier alpha value is -2.01. The van der Waals surface area contributed by atoms with Crippen molar-refractivity contribution in [2.24, 2.45) is 0 Å². The van der Waals surface area contributed by atoms with Crippen molar-refractivity contribution in [2.75, 3.05) is 6.61 Å². The zero-order valence-electron chi connectivity index (χ0n) is 15.6. The van der Waals surface area contributed by atoms with E-state index in [-0.39, 0.29) is 0 Å². The van der Waals surface area contributed by atoms with Crippen LogP contribution in [0.1, 0.15) is 26.7 Å². The lowest BCUT2D eigenvalue weighted by molar-refractivity contribution is -0.356. The summed E-state index contributed by atoms with van der Waals surface area (Å²) in [7, 11) is -6.85. The lowest BCUT2D eigenvalue weighted by Crippen LogP contribution is -2.58. The quantitative estimate of drug-likeness (QED) is 0.107. The highest BCUT2D eigenvalue weighted by Gasteiger charge is 2.68. The second-order valence-electron chi connectivity index (χ2n) is 5.99. The number of hydrogen-bond donors (Lipinski definition) is 0. The summed E-state index contributed by atoms with van der Waals surface area (Å²) < 4.78 is 149. The molecule has 0 aliphatic rings. The maximum Gasteiger partial charge on any atom is 0.468 e. The molecule has 0 heterocycles. The SMILES string of the molecule is C=C(F)C(=O)OC(OCCCC(F)(F)C(F)(F)S(=O)(=O)[O-])(C(=O)OC(C)C)C(F)(F)F. The van der Waals surface area contributed by atoms with Crippen molar-refractivity contribution in [1.82, 2.24) is 0 Å². The first-order valence-electron chi connectivity index (χ1n) is 7.83. The first kappa shape index (κ1) is 29.0. The molecule has 8 nitrogen and oxygen atoms in total. The molecule has 0 aromatic rings. The molecule has 0 bridgehead atoms. The Morgan fingerprint density at radius 2 is 1.55 bits per heavy atom. The lowest BCUT2D eigenvalue weighted by atomic mass is 10.2. The fraction of sp³-hybridized carbons (Fsp3) is 0.714. The molecular weight excluding hydrogens is 480 g/mol. The monoisotopic (exact) mass is 495 g/mol. The van der Waals surface area contributed by atoms with Gasteiger partial charge in [0.05, 0.1) is 12.7 Å². The number of halogens is 8. The lowest BCUT2D eigenvalue weighted by Gasteiger charge is -2.33. The molecule has 0 N–H and O–H groups in total. The maximum absolute atomic E-state index is 13.5. The van der Waals surface area contributed by atoms with Gasteiger partial charge in [-0.1, -0.05) is 6.58 Å². The van der Waals surface area contributed by atoms with Gasteiger partial charge < -0.3 is 18.8 Å². The van der Waals surface area contributed by atoms with Crippen LogP contribution in [0.3, 0.4) is 0 Å². The van der Waals surface area contributed by atoms with Crippen molar-refractivity contribution in [2.45, 2.75) is 55.9 Å². The molecule has 0 radical (unpaired) electrons. The van der Waals surface area contributed by atoms with Crippen LogP contribution >= 0.6 is 0 Å². The zero-order valence-corrected chi connectivity index (χ0v) is 16.4. The third-order valence-corrected chi connectivity index (χ3v) is 4.05. The predicted molar refractivity (Wildman–Crippen MR) is 81.1 cm³/mol. The van der Waals surface area contributed by atoms with E-state index in [0.29, 0.717) is 0 Å². The Labute approximate surface area is 169 Å². The van der Waals surface area contributed by atoms with Crippen molar-refractivity contribution in [3.05, 3.63) is 12.4 Å². The van der Waals surface area contributed by atoms with Gasteiger partial charge in [-0.05, 0) is 20.3 Å². The van der Waals surface area contributed by atoms with Crippen LogP contribution in [0.25, 0.3) is 0 Å². The molecule has 0 spiro atoms. The number of esters is 2. The molecule has 31 heavy (non-hydrogen) atoms.